The first-order chi connectivity index (χ1) is 7.19. The Kier molecular flexibility index (Phi) is 5.11. The van der Waals surface area contributed by atoms with Gasteiger partial charge >= 0.3 is 0 Å². The normalized spacial score (nSPS) is 15.2. The Labute approximate surface area is 94.7 Å². The summed E-state index contributed by atoms with van der Waals surface area (Å²) >= 11 is 5.71. The minimum absolute atomic E-state index is 0.0346. The summed E-state index contributed by atoms with van der Waals surface area (Å²) in [5.41, 5.74) is 2.73. The van der Waals surface area contributed by atoms with Crippen LogP contribution in [0.3, 0.4) is 0 Å². The highest BCUT2D eigenvalue weighted by Gasteiger charge is 2.20. The Morgan fingerprint density at radius 3 is 2.80 bits per heavy atom. The van der Waals surface area contributed by atoms with E-state index < -0.39 is 0 Å². The number of ether oxygens (including phenoxy) is 1. The molecule has 0 radical (unpaired) electrons. The fraction of sp³-hybridized carbons (Fsp3) is 0.600. The minimum atomic E-state index is -0.0346. The SMILES string of the molecule is COCCC(C)C(NN)c1ccc(Cl)o1. The molecule has 1 aromatic heterocycles. The van der Waals surface area contributed by atoms with E-state index in [9.17, 15) is 0 Å². The second-order valence-electron chi connectivity index (χ2n) is 3.54. The Balaban J connectivity index is 2.62. The van der Waals surface area contributed by atoms with Gasteiger partial charge in [0.1, 0.15) is 5.76 Å². The van der Waals surface area contributed by atoms with Gasteiger partial charge in [-0.05, 0) is 36.1 Å². The van der Waals surface area contributed by atoms with Crippen LogP contribution < -0.4 is 11.3 Å². The molecule has 0 bridgehead atoms. The van der Waals surface area contributed by atoms with E-state index in [2.05, 4.69) is 12.3 Å². The topological polar surface area (TPSA) is 60.4 Å². The number of hydrogen-bond donors (Lipinski definition) is 2. The van der Waals surface area contributed by atoms with Crippen molar-refractivity contribution in [1.82, 2.24) is 5.43 Å². The number of halogens is 1. The van der Waals surface area contributed by atoms with E-state index in [0.717, 1.165) is 12.2 Å². The molecule has 0 fully saturated rings. The van der Waals surface area contributed by atoms with E-state index in [1.807, 2.05) is 6.07 Å². The maximum absolute atomic E-state index is 5.71. The molecule has 0 saturated heterocycles. The van der Waals surface area contributed by atoms with Crippen molar-refractivity contribution in [3.63, 3.8) is 0 Å². The standard InChI is InChI=1S/C10H17ClN2O2/c1-7(5-6-14-2)10(13-12)8-3-4-9(11)15-8/h3-4,7,10,13H,5-6,12H2,1-2H3. The summed E-state index contributed by atoms with van der Waals surface area (Å²) < 4.78 is 10.3. The maximum atomic E-state index is 5.71. The first-order valence-corrected chi connectivity index (χ1v) is 5.27. The molecule has 1 heterocycles. The molecular formula is C10H17ClN2O2. The zero-order chi connectivity index (χ0) is 11.3. The first-order valence-electron chi connectivity index (χ1n) is 4.89. The highest BCUT2D eigenvalue weighted by Crippen LogP contribution is 2.26. The fourth-order valence-corrected chi connectivity index (χ4v) is 1.64. The molecule has 86 valence electrons. The van der Waals surface area contributed by atoms with Crippen LogP contribution in [0.2, 0.25) is 5.22 Å². The van der Waals surface area contributed by atoms with Crippen LogP contribution in [0.15, 0.2) is 16.5 Å². The highest BCUT2D eigenvalue weighted by molar-refractivity contribution is 6.28. The lowest BCUT2D eigenvalue weighted by molar-refractivity contribution is 0.166. The molecule has 0 aliphatic heterocycles. The monoisotopic (exact) mass is 232 g/mol. The summed E-state index contributed by atoms with van der Waals surface area (Å²) in [5, 5.41) is 0.379. The molecule has 1 rings (SSSR count). The van der Waals surface area contributed by atoms with Gasteiger partial charge in [-0.1, -0.05) is 6.92 Å². The van der Waals surface area contributed by atoms with Gasteiger partial charge in [-0.15, -0.1) is 0 Å². The van der Waals surface area contributed by atoms with Crippen LogP contribution in [-0.4, -0.2) is 13.7 Å². The molecule has 1 aromatic rings. The van der Waals surface area contributed by atoms with Crippen molar-refractivity contribution >= 4 is 11.6 Å². The van der Waals surface area contributed by atoms with E-state index >= 15 is 0 Å². The number of hydrazine groups is 1. The zero-order valence-electron chi connectivity index (χ0n) is 9.00. The van der Waals surface area contributed by atoms with Crippen LogP contribution in [0.25, 0.3) is 0 Å². The molecule has 0 spiro atoms. The lowest BCUT2D eigenvalue weighted by Gasteiger charge is -2.20. The molecule has 0 aliphatic rings. The van der Waals surface area contributed by atoms with Gasteiger partial charge in [-0.2, -0.15) is 0 Å². The van der Waals surface area contributed by atoms with Crippen LogP contribution in [0, 0.1) is 5.92 Å². The number of furan rings is 1. The van der Waals surface area contributed by atoms with Gasteiger partial charge in [-0.25, -0.2) is 5.43 Å². The fourth-order valence-electron chi connectivity index (χ4n) is 1.49. The number of methoxy groups -OCH3 is 1. The van der Waals surface area contributed by atoms with E-state index in [1.54, 1.807) is 13.2 Å². The van der Waals surface area contributed by atoms with Gasteiger partial charge in [0, 0.05) is 13.7 Å². The number of rotatable bonds is 6. The summed E-state index contributed by atoms with van der Waals surface area (Å²) in [6, 6.07) is 3.51. The molecule has 2 atom stereocenters. The van der Waals surface area contributed by atoms with Crippen molar-refractivity contribution in [2.45, 2.75) is 19.4 Å². The Morgan fingerprint density at radius 1 is 1.60 bits per heavy atom. The van der Waals surface area contributed by atoms with E-state index in [-0.39, 0.29) is 6.04 Å². The lowest BCUT2D eigenvalue weighted by Crippen LogP contribution is -2.32. The van der Waals surface area contributed by atoms with Crippen molar-refractivity contribution in [2.24, 2.45) is 11.8 Å². The predicted molar refractivity (Wildman–Crippen MR) is 59.4 cm³/mol. The first kappa shape index (κ1) is 12.5. The van der Waals surface area contributed by atoms with Gasteiger partial charge in [-0.3, -0.25) is 5.84 Å². The van der Waals surface area contributed by atoms with Crippen LogP contribution in [0.1, 0.15) is 25.1 Å². The van der Waals surface area contributed by atoms with Crippen molar-refractivity contribution in [3.8, 4) is 0 Å². The summed E-state index contributed by atoms with van der Waals surface area (Å²) in [5.74, 6) is 6.57. The van der Waals surface area contributed by atoms with Crippen LogP contribution in [-0.2, 0) is 4.74 Å². The molecule has 0 saturated carbocycles. The summed E-state index contributed by atoms with van der Waals surface area (Å²) in [6.45, 7) is 2.79. The largest absolute Gasteiger partial charge is 0.448 e. The Hall–Kier alpha value is -0.550. The highest BCUT2D eigenvalue weighted by atomic mass is 35.5. The molecule has 5 heteroatoms. The number of hydrogen-bond acceptors (Lipinski definition) is 4. The molecule has 15 heavy (non-hydrogen) atoms. The quantitative estimate of drug-likeness (QED) is 0.583. The van der Waals surface area contributed by atoms with E-state index in [0.29, 0.717) is 17.7 Å². The van der Waals surface area contributed by atoms with Crippen molar-refractivity contribution < 1.29 is 9.15 Å². The summed E-state index contributed by atoms with van der Waals surface area (Å²) in [4.78, 5) is 0. The third-order valence-electron chi connectivity index (χ3n) is 2.43. The lowest BCUT2D eigenvalue weighted by atomic mass is 9.97. The second kappa shape index (κ2) is 6.12. The van der Waals surface area contributed by atoms with Gasteiger partial charge < -0.3 is 9.15 Å². The predicted octanol–water partition coefficient (Wildman–Crippen LogP) is 2.11. The summed E-state index contributed by atoms with van der Waals surface area (Å²) in [6.07, 6.45) is 0.906. The molecule has 4 nitrogen and oxygen atoms in total. The maximum Gasteiger partial charge on any atom is 0.193 e. The molecule has 2 unspecified atom stereocenters. The summed E-state index contributed by atoms with van der Waals surface area (Å²) in [7, 11) is 1.68. The Morgan fingerprint density at radius 2 is 2.33 bits per heavy atom. The zero-order valence-corrected chi connectivity index (χ0v) is 9.75. The number of nitrogens with one attached hydrogen (secondary N) is 1. The molecule has 0 amide bonds. The molecular weight excluding hydrogens is 216 g/mol. The average Bonchev–Trinajstić information content (AvgIpc) is 2.63. The van der Waals surface area contributed by atoms with Crippen molar-refractivity contribution in [2.75, 3.05) is 13.7 Å². The van der Waals surface area contributed by atoms with E-state index in [4.69, 9.17) is 26.6 Å². The van der Waals surface area contributed by atoms with Crippen molar-refractivity contribution in [3.05, 3.63) is 23.1 Å². The van der Waals surface area contributed by atoms with Crippen LogP contribution in [0.5, 0.6) is 0 Å². The van der Waals surface area contributed by atoms with Crippen LogP contribution in [0.4, 0.5) is 0 Å². The smallest absolute Gasteiger partial charge is 0.193 e. The average molecular weight is 233 g/mol. The van der Waals surface area contributed by atoms with Gasteiger partial charge in [0.2, 0.25) is 0 Å². The van der Waals surface area contributed by atoms with Crippen LogP contribution >= 0.6 is 11.6 Å². The number of nitrogens with two attached hydrogens (primary N) is 1. The van der Waals surface area contributed by atoms with Gasteiger partial charge in [0.15, 0.2) is 5.22 Å². The van der Waals surface area contributed by atoms with Gasteiger partial charge in [0.25, 0.3) is 0 Å². The molecule has 3 N–H and O–H groups in total. The van der Waals surface area contributed by atoms with Gasteiger partial charge in [0.05, 0.1) is 6.04 Å². The van der Waals surface area contributed by atoms with E-state index in [1.165, 1.54) is 0 Å². The minimum Gasteiger partial charge on any atom is -0.448 e. The Bertz CT molecular complexity index is 291. The van der Waals surface area contributed by atoms with Crippen molar-refractivity contribution in [1.29, 1.82) is 0 Å². The molecule has 0 aromatic carbocycles. The second-order valence-corrected chi connectivity index (χ2v) is 3.92. The molecule has 0 aliphatic carbocycles. The third kappa shape index (κ3) is 3.50. The third-order valence-corrected chi connectivity index (χ3v) is 2.63.